The lowest BCUT2D eigenvalue weighted by molar-refractivity contribution is 0.627. The quantitative estimate of drug-likeness (QED) is 0.878. The molecule has 3 N–H and O–H groups in total. The van der Waals surface area contributed by atoms with E-state index in [1.807, 2.05) is 20.8 Å². The van der Waals surface area contributed by atoms with Crippen molar-refractivity contribution >= 4 is 17.2 Å². The number of nitrogens with zero attached hydrogens (tertiary/aromatic N) is 2. The van der Waals surface area contributed by atoms with E-state index in [1.54, 1.807) is 10.7 Å². The predicted octanol–water partition coefficient (Wildman–Crippen LogP) is 2.98. The molecule has 0 aliphatic heterocycles. The Kier molecular flexibility index (Phi) is 3.23. The Bertz CT molecular complexity index is 575. The monoisotopic (exact) mass is 248 g/mol. The van der Waals surface area contributed by atoms with Gasteiger partial charge in [-0.05, 0) is 44.5 Å². The zero-order valence-corrected chi connectivity index (χ0v) is 10.8. The first kappa shape index (κ1) is 12.4. The summed E-state index contributed by atoms with van der Waals surface area (Å²) in [4.78, 5) is 0. The summed E-state index contributed by atoms with van der Waals surface area (Å²) in [6.07, 6.45) is 0. The van der Waals surface area contributed by atoms with Crippen LogP contribution in [0.5, 0.6) is 0 Å². The third-order valence-electron chi connectivity index (χ3n) is 2.91. The molecule has 0 spiro atoms. The molecule has 0 saturated heterocycles. The number of hydrogen-bond acceptors (Lipinski definition) is 3. The number of rotatable bonds is 3. The largest absolute Gasteiger partial charge is 0.394 e. The molecule has 1 aromatic heterocycles. The molecule has 4 nitrogen and oxygen atoms in total. The minimum absolute atomic E-state index is 0.244. The van der Waals surface area contributed by atoms with Crippen LogP contribution in [0.3, 0.4) is 0 Å². The number of anilines is 3. The number of benzene rings is 1. The van der Waals surface area contributed by atoms with E-state index in [9.17, 15) is 4.39 Å². The second-order valence-corrected chi connectivity index (χ2v) is 4.25. The van der Waals surface area contributed by atoms with Crippen molar-refractivity contribution in [1.82, 2.24) is 9.78 Å². The highest BCUT2D eigenvalue weighted by atomic mass is 19.1. The highest BCUT2D eigenvalue weighted by molar-refractivity contribution is 5.72. The van der Waals surface area contributed by atoms with E-state index < -0.39 is 0 Å². The van der Waals surface area contributed by atoms with Crippen LogP contribution >= 0.6 is 0 Å². The van der Waals surface area contributed by atoms with E-state index in [1.165, 1.54) is 12.1 Å². The smallest absolute Gasteiger partial charge is 0.152 e. The van der Waals surface area contributed by atoms with Gasteiger partial charge in [0.05, 0.1) is 11.4 Å². The van der Waals surface area contributed by atoms with E-state index in [2.05, 4.69) is 10.4 Å². The fraction of sp³-hybridized carbons (Fsp3) is 0.308. The van der Waals surface area contributed by atoms with Crippen molar-refractivity contribution in [2.45, 2.75) is 27.3 Å². The van der Waals surface area contributed by atoms with Crippen LogP contribution < -0.4 is 11.1 Å². The van der Waals surface area contributed by atoms with Gasteiger partial charge in [-0.2, -0.15) is 5.10 Å². The van der Waals surface area contributed by atoms with Crippen LogP contribution in [0.2, 0.25) is 0 Å². The molecule has 2 rings (SSSR count). The molecule has 0 aliphatic carbocycles. The zero-order valence-electron chi connectivity index (χ0n) is 10.8. The Balaban J connectivity index is 2.39. The van der Waals surface area contributed by atoms with Gasteiger partial charge in [-0.15, -0.1) is 0 Å². The SMILES string of the molecule is CCn1nc(C)c(N)c1Nc1ccc(F)cc1C. The van der Waals surface area contributed by atoms with Gasteiger partial charge >= 0.3 is 0 Å². The fourth-order valence-corrected chi connectivity index (χ4v) is 1.85. The molecule has 0 radical (unpaired) electrons. The molecule has 96 valence electrons. The van der Waals surface area contributed by atoms with Gasteiger partial charge in [-0.3, -0.25) is 0 Å². The Morgan fingerprint density at radius 3 is 2.72 bits per heavy atom. The Hall–Kier alpha value is -2.04. The Labute approximate surface area is 106 Å². The van der Waals surface area contributed by atoms with Crippen LogP contribution in [0.4, 0.5) is 21.6 Å². The fourth-order valence-electron chi connectivity index (χ4n) is 1.85. The molecule has 18 heavy (non-hydrogen) atoms. The highest BCUT2D eigenvalue weighted by Gasteiger charge is 2.12. The first-order valence-corrected chi connectivity index (χ1v) is 5.89. The average Bonchev–Trinajstić information content (AvgIpc) is 2.60. The molecule has 0 amide bonds. The van der Waals surface area contributed by atoms with Crippen molar-refractivity contribution in [2.24, 2.45) is 0 Å². The molecule has 1 heterocycles. The Morgan fingerprint density at radius 2 is 2.11 bits per heavy atom. The van der Waals surface area contributed by atoms with E-state index in [4.69, 9.17) is 5.73 Å². The highest BCUT2D eigenvalue weighted by Crippen LogP contribution is 2.27. The van der Waals surface area contributed by atoms with Gasteiger partial charge in [0.1, 0.15) is 5.82 Å². The van der Waals surface area contributed by atoms with Crippen molar-refractivity contribution in [3.8, 4) is 0 Å². The molecule has 1 aromatic carbocycles. The lowest BCUT2D eigenvalue weighted by atomic mass is 10.2. The summed E-state index contributed by atoms with van der Waals surface area (Å²) in [5.74, 6) is 0.510. The molecule has 0 aliphatic rings. The third-order valence-corrected chi connectivity index (χ3v) is 2.91. The zero-order chi connectivity index (χ0) is 13.3. The van der Waals surface area contributed by atoms with E-state index >= 15 is 0 Å². The summed E-state index contributed by atoms with van der Waals surface area (Å²) in [7, 11) is 0. The molecule has 0 unspecified atom stereocenters. The summed E-state index contributed by atoms with van der Waals surface area (Å²) < 4.78 is 14.8. The maximum Gasteiger partial charge on any atom is 0.152 e. The summed E-state index contributed by atoms with van der Waals surface area (Å²) in [5, 5.41) is 7.54. The van der Waals surface area contributed by atoms with E-state index in [-0.39, 0.29) is 5.82 Å². The topological polar surface area (TPSA) is 55.9 Å². The number of halogens is 1. The lowest BCUT2D eigenvalue weighted by Crippen LogP contribution is -2.05. The summed E-state index contributed by atoms with van der Waals surface area (Å²) in [6.45, 7) is 6.43. The molecular weight excluding hydrogens is 231 g/mol. The van der Waals surface area contributed by atoms with Crippen molar-refractivity contribution in [3.63, 3.8) is 0 Å². The van der Waals surface area contributed by atoms with Gasteiger partial charge in [0, 0.05) is 12.2 Å². The number of aryl methyl sites for hydroxylation is 3. The second-order valence-electron chi connectivity index (χ2n) is 4.25. The van der Waals surface area contributed by atoms with Gasteiger partial charge in [-0.1, -0.05) is 0 Å². The summed E-state index contributed by atoms with van der Waals surface area (Å²) >= 11 is 0. The molecule has 0 fully saturated rings. The molecule has 0 atom stereocenters. The van der Waals surface area contributed by atoms with Gasteiger partial charge in [-0.25, -0.2) is 9.07 Å². The van der Waals surface area contributed by atoms with Crippen LogP contribution in [-0.2, 0) is 6.54 Å². The lowest BCUT2D eigenvalue weighted by Gasteiger charge is -2.11. The van der Waals surface area contributed by atoms with Crippen molar-refractivity contribution in [1.29, 1.82) is 0 Å². The average molecular weight is 248 g/mol. The molecule has 2 aromatic rings. The molecule has 0 saturated carbocycles. The van der Waals surface area contributed by atoms with Crippen LogP contribution in [0.1, 0.15) is 18.2 Å². The standard InChI is InChI=1S/C13H17FN4/c1-4-18-13(12(15)9(3)17-18)16-11-6-5-10(14)7-8(11)2/h5-7,16H,4,15H2,1-3H3. The first-order valence-electron chi connectivity index (χ1n) is 5.89. The van der Waals surface area contributed by atoms with E-state index in [0.717, 1.165) is 29.3 Å². The maximum absolute atomic E-state index is 13.0. The summed E-state index contributed by atoms with van der Waals surface area (Å²) in [5.41, 5.74) is 9.06. The van der Waals surface area contributed by atoms with Crippen molar-refractivity contribution in [2.75, 3.05) is 11.1 Å². The molecule has 0 bridgehead atoms. The number of aromatic nitrogens is 2. The van der Waals surface area contributed by atoms with E-state index in [0.29, 0.717) is 5.69 Å². The van der Waals surface area contributed by atoms with Crippen LogP contribution in [-0.4, -0.2) is 9.78 Å². The van der Waals surface area contributed by atoms with Gasteiger partial charge in [0.15, 0.2) is 5.82 Å². The number of nitrogens with one attached hydrogen (secondary N) is 1. The minimum Gasteiger partial charge on any atom is -0.394 e. The second kappa shape index (κ2) is 4.68. The number of hydrogen-bond donors (Lipinski definition) is 2. The van der Waals surface area contributed by atoms with Gasteiger partial charge in [0.2, 0.25) is 0 Å². The van der Waals surface area contributed by atoms with Crippen LogP contribution in [0.25, 0.3) is 0 Å². The summed E-state index contributed by atoms with van der Waals surface area (Å²) in [6, 6.07) is 4.61. The van der Waals surface area contributed by atoms with Crippen LogP contribution in [0.15, 0.2) is 18.2 Å². The normalized spacial score (nSPS) is 10.7. The number of nitrogens with two attached hydrogens (primary N) is 1. The van der Waals surface area contributed by atoms with Crippen molar-refractivity contribution in [3.05, 3.63) is 35.3 Å². The molecule has 5 heteroatoms. The van der Waals surface area contributed by atoms with Gasteiger partial charge < -0.3 is 11.1 Å². The van der Waals surface area contributed by atoms with Crippen LogP contribution in [0, 0.1) is 19.7 Å². The van der Waals surface area contributed by atoms with Gasteiger partial charge in [0.25, 0.3) is 0 Å². The van der Waals surface area contributed by atoms with Crippen molar-refractivity contribution < 1.29 is 4.39 Å². The third kappa shape index (κ3) is 2.16. The minimum atomic E-state index is -0.244. The maximum atomic E-state index is 13.0. The molecular formula is C13H17FN4. The Morgan fingerprint density at radius 1 is 1.39 bits per heavy atom. The predicted molar refractivity (Wildman–Crippen MR) is 71.5 cm³/mol. The number of nitrogen functional groups attached to an aromatic ring is 1. The first-order chi connectivity index (χ1) is 8.52.